The molecule has 8 aromatic rings. The minimum Gasteiger partial charge on any atom is -0.385 e. The van der Waals surface area contributed by atoms with Gasteiger partial charge in [0.05, 0.1) is 66.1 Å². The van der Waals surface area contributed by atoms with Gasteiger partial charge in [0.2, 0.25) is 0 Å². The summed E-state index contributed by atoms with van der Waals surface area (Å²) in [7, 11) is 1.57. The quantitative estimate of drug-likeness (QED) is 0.0471. The van der Waals surface area contributed by atoms with Crippen LogP contribution in [-0.2, 0) is 117 Å². The van der Waals surface area contributed by atoms with Gasteiger partial charge in [0.15, 0.2) is 25.2 Å². The van der Waals surface area contributed by atoms with Crippen LogP contribution in [0.4, 0.5) is 0 Å². The second-order valence-electron chi connectivity index (χ2n) is 23.0. The van der Waals surface area contributed by atoms with Crippen molar-refractivity contribution in [3.63, 3.8) is 0 Å². The Kier molecular flexibility index (Phi) is 23.4. The summed E-state index contributed by atoms with van der Waals surface area (Å²) >= 11 is 0. The molecule has 12 rings (SSSR count). The number of hydrogen-bond acceptors (Lipinski definition) is 16. The molecule has 16 atom stereocenters. The smallest absolute Gasteiger partial charge is 0.187 e. The molecule has 4 fully saturated rings. The predicted molar refractivity (Wildman–Crippen MR) is 336 cm³/mol. The van der Waals surface area contributed by atoms with Crippen molar-refractivity contribution >= 4 is 0 Å². The first kappa shape index (κ1) is 64.2. The molecule has 0 aromatic heterocycles. The van der Waals surface area contributed by atoms with E-state index in [0.717, 1.165) is 44.5 Å². The Bertz CT molecular complexity index is 3310. The molecule has 0 bridgehead atoms. The lowest BCUT2D eigenvalue weighted by molar-refractivity contribution is -0.408. The first-order valence-electron chi connectivity index (χ1n) is 31.3. The second-order valence-corrected chi connectivity index (χ2v) is 23.0. The summed E-state index contributed by atoms with van der Waals surface area (Å²) in [6.45, 7) is 1.42. The lowest BCUT2D eigenvalue weighted by atomic mass is 9.94. The first-order valence-corrected chi connectivity index (χ1v) is 31.3. The van der Waals surface area contributed by atoms with E-state index in [-0.39, 0.29) is 66.1 Å². The maximum Gasteiger partial charge on any atom is 0.187 e. The molecular weight excluding hydrogens is 1160 g/mol. The van der Waals surface area contributed by atoms with Crippen LogP contribution in [0.15, 0.2) is 243 Å². The van der Waals surface area contributed by atoms with Gasteiger partial charge in [-0.05, 0) is 38.9 Å². The Morgan fingerprint density at radius 1 is 0.341 bits per heavy atom. The summed E-state index contributed by atoms with van der Waals surface area (Å²) < 4.78 is 104. The van der Waals surface area contributed by atoms with Crippen LogP contribution in [-0.4, -0.2) is 124 Å². The highest BCUT2D eigenvalue weighted by Gasteiger charge is 2.58. The van der Waals surface area contributed by atoms with Gasteiger partial charge in [-0.3, -0.25) is 0 Å². The van der Waals surface area contributed by atoms with Gasteiger partial charge >= 0.3 is 0 Å². The van der Waals surface area contributed by atoms with E-state index in [0.29, 0.717) is 0 Å². The van der Waals surface area contributed by atoms with Crippen LogP contribution in [0.5, 0.6) is 0 Å². The molecule has 0 amide bonds. The molecule has 0 aliphatic carbocycles. The van der Waals surface area contributed by atoms with E-state index in [4.69, 9.17) is 71.1 Å². The van der Waals surface area contributed by atoms with Crippen molar-refractivity contribution in [3.8, 4) is 0 Å². The maximum absolute atomic E-state index is 13.2. The first-order chi connectivity index (χ1) is 45.0. The van der Waals surface area contributed by atoms with Gasteiger partial charge in [0.1, 0.15) is 73.2 Å². The van der Waals surface area contributed by atoms with Gasteiger partial charge in [0.25, 0.3) is 0 Å². The summed E-state index contributed by atoms with van der Waals surface area (Å²) in [5.74, 6) is 0. The van der Waals surface area contributed by atoms with Crippen LogP contribution in [0.1, 0.15) is 50.8 Å². The second kappa shape index (κ2) is 33.1. The fraction of sp³-hybridized carbons (Fsp3) is 0.360. The number of fused-ring (bicyclic) bond motifs is 1. The highest BCUT2D eigenvalue weighted by molar-refractivity contribution is 5.21. The average molecular weight is 1240 g/mol. The van der Waals surface area contributed by atoms with Crippen molar-refractivity contribution in [3.05, 3.63) is 287 Å². The van der Waals surface area contributed by atoms with Crippen molar-refractivity contribution in [1.29, 1.82) is 0 Å². The van der Waals surface area contributed by atoms with Crippen molar-refractivity contribution in [1.82, 2.24) is 0 Å². The molecule has 4 saturated heterocycles. The zero-order chi connectivity index (χ0) is 61.8. The van der Waals surface area contributed by atoms with E-state index < -0.39 is 98.4 Å². The monoisotopic (exact) mass is 1240 g/mol. The summed E-state index contributed by atoms with van der Waals surface area (Å²) in [5, 5.41) is 13.2. The van der Waals surface area contributed by atoms with E-state index >= 15 is 0 Å². The average Bonchev–Trinajstić information content (AvgIpc) is 0.859. The standard InChI is InChI=1S/C75H80O16/c1-77-74-70(83-47-57-36-20-7-21-37-57)69(66-62(87-74)51-85-72(89-66)59-40-24-9-25-41-59)91-75-71(84-48-58-38-22-8-23-39-58)68(65(81-45-55-32-16-5-17-33-55)61(88-75)50-79-43-53-28-12-3-13-29-53)90-73-63(76)67(82-46-56-34-18-6-19-35-56)64(80-44-54-30-14-4-15-31-54)60(86-73)49-78-42-52-26-10-2-11-27-52/h2-41,60-76H,42-51H2,1H3/t60-,61-,62-,63-,64-,65-,66-,67-,68+,69+,70+,71-,72-,73-,74+,75-/m1/s1. The van der Waals surface area contributed by atoms with Crippen LogP contribution >= 0.6 is 0 Å². The van der Waals surface area contributed by atoms with E-state index in [9.17, 15) is 5.11 Å². The van der Waals surface area contributed by atoms with Crippen molar-refractivity contribution in [2.24, 2.45) is 0 Å². The van der Waals surface area contributed by atoms with E-state index in [2.05, 4.69) is 0 Å². The number of hydrogen-bond donors (Lipinski definition) is 1. The molecular formula is C75H80O16. The zero-order valence-corrected chi connectivity index (χ0v) is 51.0. The third kappa shape index (κ3) is 17.4. The molecule has 4 heterocycles. The van der Waals surface area contributed by atoms with Gasteiger partial charge in [-0.1, -0.05) is 243 Å². The fourth-order valence-electron chi connectivity index (χ4n) is 11.9. The van der Waals surface area contributed by atoms with E-state index in [1.807, 2.05) is 243 Å². The molecule has 16 nitrogen and oxygen atoms in total. The largest absolute Gasteiger partial charge is 0.385 e. The highest BCUT2D eigenvalue weighted by atomic mass is 16.8. The van der Waals surface area contributed by atoms with Crippen molar-refractivity contribution in [2.45, 2.75) is 145 Å². The number of aliphatic hydroxyl groups is 1. The summed E-state index contributed by atoms with van der Waals surface area (Å²) in [6, 6.07) is 78.8. The van der Waals surface area contributed by atoms with Crippen molar-refractivity contribution < 1.29 is 76.2 Å². The molecule has 4 aliphatic heterocycles. The molecule has 476 valence electrons. The number of methoxy groups -OCH3 is 1. The van der Waals surface area contributed by atoms with Crippen LogP contribution in [0.2, 0.25) is 0 Å². The van der Waals surface area contributed by atoms with Crippen LogP contribution in [0.25, 0.3) is 0 Å². The fourth-order valence-corrected chi connectivity index (χ4v) is 11.9. The summed E-state index contributed by atoms with van der Waals surface area (Å²) in [4.78, 5) is 0. The van der Waals surface area contributed by atoms with Gasteiger partial charge < -0.3 is 76.2 Å². The van der Waals surface area contributed by atoms with Gasteiger partial charge in [0, 0.05) is 12.7 Å². The summed E-state index contributed by atoms with van der Waals surface area (Å²) in [6.07, 6.45) is -16.4. The third-order valence-electron chi connectivity index (χ3n) is 16.6. The number of ether oxygens (including phenoxy) is 15. The third-order valence-corrected chi connectivity index (χ3v) is 16.6. The predicted octanol–water partition coefficient (Wildman–Crippen LogP) is 11.4. The molecule has 0 unspecified atom stereocenters. The normalized spacial score (nSPS) is 28.2. The molecule has 1 N–H and O–H groups in total. The van der Waals surface area contributed by atoms with E-state index in [1.165, 1.54) is 0 Å². The number of benzene rings is 8. The number of aliphatic hydroxyl groups excluding tert-OH is 1. The van der Waals surface area contributed by atoms with Gasteiger partial charge in [-0.2, -0.15) is 0 Å². The Morgan fingerprint density at radius 2 is 0.681 bits per heavy atom. The lowest BCUT2D eigenvalue weighted by Gasteiger charge is -2.52. The maximum atomic E-state index is 13.2. The number of rotatable bonds is 29. The molecule has 8 aromatic carbocycles. The Labute approximate surface area is 532 Å². The lowest BCUT2D eigenvalue weighted by Crippen LogP contribution is -2.68. The topological polar surface area (TPSA) is 159 Å². The minimum absolute atomic E-state index is 0.00337. The Balaban J connectivity index is 0.955. The van der Waals surface area contributed by atoms with Crippen LogP contribution < -0.4 is 0 Å². The van der Waals surface area contributed by atoms with Gasteiger partial charge in [-0.15, -0.1) is 0 Å². The van der Waals surface area contributed by atoms with Crippen LogP contribution in [0, 0.1) is 0 Å². The SMILES string of the molecule is CO[C@H]1O[C@@H]2CO[C@@H](c3ccccc3)O[C@H]2[C@H](O[C@H]2O[C@H](COCc3ccccc3)[C@@H](OCc3ccccc3)[C@H](O[C@H]3O[C@H](COCc4ccccc4)[C@@H](OCc4ccccc4)[C@H](OCc4ccccc4)[C@H]3O)[C@H]2OCc2ccccc2)[C@@H]1OCc1ccccc1. The highest BCUT2D eigenvalue weighted by Crippen LogP contribution is 2.41. The summed E-state index contributed by atoms with van der Waals surface area (Å²) in [5.41, 5.74) is 7.23. The molecule has 4 aliphatic rings. The zero-order valence-electron chi connectivity index (χ0n) is 51.0. The molecule has 0 spiro atoms. The van der Waals surface area contributed by atoms with Crippen LogP contribution in [0.3, 0.4) is 0 Å². The molecule has 0 radical (unpaired) electrons. The van der Waals surface area contributed by atoms with Gasteiger partial charge in [-0.25, -0.2) is 0 Å². The molecule has 0 saturated carbocycles. The van der Waals surface area contributed by atoms with E-state index in [1.54, 1.807) is 7.11 Å². The Hall–Kier alpha value is -6.88. The van der Waals surface area contributed by atoms with Crippen molar-refractivity contribution in [2.75, 3.05) is 26.9 Å². The minimum atomic E-state index is -1.48. The molecule has 91 heavy (non-hydrogen) atoms. The Morgan fingerprint density at radius 3 is 1.10 bits per heavy atom. The molecule has 16 heteroatoms.